The lowest BCUT2D eigenvalue weighted by Crippen LogP contribution is -2.29. The van der Waals surface area contributed by atoms with E-state index in [0.29, 0.717) is 22.6 Å². The molecule has 3 aromatic rings. The minimum absolute atomic E-state index is 0.143. The standard InChI is InChI=1S/C25H17FN2O4/c1-32-20-5-3-2-4-19(20)23(29)21-22(16-8-10-17(26)11-9-16)28(25(31)24(21)30)18-12-6-15(14-27)7-13-18/h2-13,22,29H,1H3/b23-21-. The number of aliphatic hydroxyl groups excluding tert-OH is 1. The number of nitrogens with zero attached hydrogens (tertiary/aromatic N) is 2. The third kappa shape index (κ3) is 3.48. The number of carbonyl (C=O) groups excluding carboxylic acids is 2. The Morgan fingerprint density at radius 1 is 1.03 bits per heavy atom. The summed E-state index contributed by atoms with van der Waals surface area (Å²) in [6, 6.07) is 19.1. The zero-order valence-electron chi connectivity index (χ0n) is 16.9. The molecule has 1 saturated heterocycles. The number of methoxy groups -OCH3 is 1. The van der Waals surface area contributed by atoms with Crippen LogP contribution in [0.1, 0.15) is 22.7 Å². The van der Waals surface area contributed by atoms with Crippen molar-refractivity contribution >= 4 is 23.1 Å². The van der Waals surface area contributed by atoms with E-state index >= 15 is 0 Å². The summed E-state index contributed by atoms with van der Waals surface area (Å²) in [6.45, 7) is 0. The van der Waals surface area contributed by atoms with Crippen LogP contribution in [0.4, 0.5) is 10.1 Å². The van der Waals surface area contributed by atoms with Crippen molar-refractivity contribution in [3.8, 4) is 11.8 Å². The van der Waals surface area contributed by atoms with E-state index in [1.165, 1.54) is 48.4 Å². The molecule has 0 bridgehead atoms. The number of ketones is 1. The van der Waals surface area contributed by atoms with Crippen LogP contribution in [0.15, 0.2) is 78.4 Å². The number of nitriles is 1. The second-order valence-electron chi connectivity index (χ2n) is 7.08. The number of aliphatic hydroxyl groups is 1. The Morgan fingerprint density at radius 3 is 2.31 bits per heavy atom. The molecule has 3 aromatic carbocycles. The number of hydrogen-bond acceptors (Lipinski definition) is 5. The molecular formula is C25H17FN2O4. The fraction of sp³-hybridized carbons (Fsp3) is 0.0800. The molecule has 0 spiro atoms. The van der Waals surface area contributed by atoms with Gasteiger partial charge in [0.25, 0.3) is 11.7 Å². The Morgan fingerprint density at radius 2 is 1.69 bits per heavy atom. The monoisotopic (exact) mass is 428 g/mol. The molecule has 1 N–H and O–H groups in total. The van der Waals surface area contributed by atoms with Crippen LogP contribution in [0.3, 0.4) is 0 Å². The maximum absolute atomic E-state index is 13.6. The van der Waals surface area contributed by atoms with Gasteiger partial charge >= 0.3 is 0 Å². The third-order valence-electron chi connectivity index (χ3n) is 5.27. The topological polar surface area (TPSA) is 90.6 Å². The fourth-order valence-electron chi connectivity index (χ4n) is 3.74. The number of ether oxygens (including phenoxy) is 1. The number of rotatable bonds is 4. The number of benzene rings is 3. The molecule has 0 radical (unpaired) electrons. The summed E-state index contributed by atoms with van der Waals surface area (Å²) < 4.78 is 18.9. The Kier molecular flexibility index (Phi) is 5.44. The van der Waals surface area contributed by atoms with E-state index in [9.17, 15) is 19.1 Å². The predicted molar refractivity (Wildman–Crippen MR) is 115 cm³/mol. The zero-order valence-corrected chi connectivity index (χ0v) is 16.9. The first-order valence-corrected chi connectivity index (χ1v) is 9.66. The molecular weight excluding hydrogens is 411 g/mol. The first-order chi connectivity index (χ1) is 15.5. The Bertz CT molecular complexity index is 1270. The fourth-order valence-corrected chi connectivity index (χ4v) is 3.74. The van der Waals surface area contributed by atoms with Gasteiger partial charge in [0.1, 0.15) is 17.3 Å². The Hall–Kier alpha value is -4.44. The second-order valence-corrected chi connectivity index (χ2v) is 7.08. The quantitative estimate of drug-likeness (QED) is 0.379. The van der Waals surface area contributed by atoms with Crippen LogP contribution in [0.5, 0.6) is 5.75 Å². The van der Waals surface area contributed by atoms with Gasteiger partial charge in [-0.1, -0.05) is 24.3 Å². The third-order valence-corrected chi connectivity index (χ3v) is 5.27. The smallest absolute Gasteiger partial charge is 0.300 e. The normalized spacial score (nSPS) is 17.3. The highest BCUT2D eigenvalue weighted by molar-refractivity contribution is 6.51. The number of hydrogen-bond donors (Lipinski definition) is 1. The van der Waals surface area contributed by atoms with Crippen LogP contribution in [-0.4, -0.2) is 23.9 Å². The lowest BCUT2D eigenvalue weighted by molar-refractivity contribution is -0.132. The summed E-state index contributed by atoms with van der Waals surface area (Å²) in [4.78, 5) is 27.4. The maximum Gasteiger partial charge on any atom is 0.300 e. The number of para-hydroxylation sites is 1. The van der Waals surface area contributed by atoms with Crippen molar-refractivity contribution in [2.45, 2.75) is 6.04 Å². The number of anilines is 1. The van der Waals surface area contributed by atoms with Crippen LogP contribution < -0.4 is 9.64 Å². The summed E-state index contributed by atoms with van der Waals surface area (Å²) in [5, 5.41) is 20.2. The number of halogens is 1. The van der Waals surface area contributed by atoms with Crippen molar-refractivity contribution in [1.29, 1.82) is 5.26 Å². The molecule has 6 nitrogen and oxygen atoms in total. The van der Waals surface area contributed by atoms with Crippen LogP contribution >= 0.6 is 0 Å². The highest BCUT2D eigenvalue weighted by atomic mass is 19.1. The molecule has 1 fully saturated rings. The highest BCUT2D eigenvalue weighted by Gasteiger charge is 2.47. The Balaban J connectivity index is 1.95. The van der Waals surface area contributed by atoms with Crippen molar-refractivity contribution in [3.63, 3.8) is 0 Å². The van der Waals surface area contributed by atoms with Crippen molar-refractivity contribution in [2.75, 3.05) is 12.0 Å². The van der Waals surface area contributed by atoms with Gasteiger partial charge in [0.2, 0.25) is 0 Å². The average Bonchev–Trinajstić information content (AvgIpc) is 3.09. The second kappa shape index (κ2) is 8.36. The summed E-state index contributed by atoms with van der Waals surface area (Å²) in [7, 11) is 1.43. The first kappa shape index (κ1) is 20.8. The van der Waals surface area contributed by atoms with E-state index in [2.05, 4.69) is 0 Å². The van der Waals surface area contributed by atoms with Gasteiger partial charge < -0.3 is 9.84 Å². The summed E-state index contributed by atoms with van der Waals surface area (Å²) in [6.07, 6.45) is 0. The molecule has 0 saturated carbocycles. The SMILES string of the molecule is COc1ccccc1/C(O)=C1/C(=O)C(=O)N(c2ccc(C#N)cc2)C1c1ccc(F)cc1. The van der Waals surface area contributed by atoms with Gasteiger partial charge in [-0.3, -0.25) is 14.5 Å². The van der Waals surface area contributed by atoms with Crippen molar-refractivity contribution in [3.05, 3.63) is 101 Å². The lowest BCUT2D eigenvalue weighted by atomic mass is 9.94. The summed E-state index contributed by atoms with van der Waals surface area (Å²) in [5.74, 6) is -2.28. The highest BCUT2D eigenvalue weighted by Crippen LogP contribution is 2.43. The molecule has 7 heteroatoms. The molecule has 1 amide bonds. The summed E-state index contributed by atoms with van der Waals surface area (Å²) in [5.41, 5.74) is 1.29. The average molecular weight is 428 g/mol. The van der Waals surface area contributed by atoms with Gasteiger partial charge in [0, 0.05) is 5.69 Å². The molecule has 0 aliphatic carbocycles. The van der Waals surface area contributed by atoms with E-state index in [-0.39, 0.29) is 11.1 Å². The molecule has 1 unspecified atom stereocenters. The van der Waals surface area contributed by atoms with E-state index < -0.39 is 29.3 Å². The lowest BCUT2D eigenvalue weighted by Gasteiger charge is -2.25. The zero-order chi connectivity index (χ0) is 22.8. The van der Waals surface area contributed by atoms with Crippen LogP contribution in [0.25, 0.3) is 5.76 Å². The van der Waals surface area contributed by atoms with Gasteiger partial charge in [0.15, 0.2) is 0 Å². The van der Waals surface area contributed by atoms with Crippen LogP contribution in [0.2, 0.25) is 0 Å². The van der Waals surface area contributed by atoms with Gasteiger partial charge in [0.05, 0.1) is 35.9 Å². The van der Waals surface area contributed by atoms with E-state index in [1.807, 2.05) is 6.07 Å². The van der Waals surface area contributed by atoms with Gasteiger partial charge in [-0.25, -0.2) is 4.39 Å². The minimum atomic E-state index is -1.01. The predicted octanol–water partition coefficient (Wildman–Crippen LogP) is 4.33. The largest absolute Gasteiger partial charge is 0.507 e. The minimum Gasteiger partial charge on any atom is -0.507 e. The van der Waals surface area contributed by atoms with E-state index in [4.69, 9.17) is 10.00 Å². The molecule has 158 valence electrons. The molecule has 1 aliphatic rings. The molecule has 1 heterocycles. The van der Waals surface area contributed by atoms with E-state index in [1.54, 1.807) is 36.4 Å². The number of carbonyl (C=O) groups is 2. The molecule has 4 rings (SSSR count). The van der Waals surface area contributed by atoms with Crippen molar-refractivity contribution < 1.29 is 23.8 Å². The molecule has 32 heavy (non-hydrogen) atoms. The van der Waals surface area contributed by atoms with Crippen LogP contribution in [0, 0.1) is 17.1 Å². The van der Waals surface area contributed by atoms with Gasteiger partial charge in [-0.05, 0) is 54.1 Å². The van der Waals surface area contributed by atoms with E-state index in [0.717, 1.165) is 0 Å². The first-order valence-electron chi connectivity index (χ1n) is 9.66. The van der Waals surface area contributed by atoms with Crippen molar-refractivity contribution in [2.24, 2.45) is 0 Å². The van der Waals surface area contributed by atoms with Crippen LogP contribution in [-0.2, 0) is 9.59 Å². The van der Waals surface area contributed by atoms with Gasteiger partial charge in [-0.2, -0.15) is 5.26 Å². The summed E-state index contributed by atoms with van der Waals surface area (Å²) >= 11 is 0. The maximum atomic E-state index is 13.6. The molecule has 1 aliphatic heterocycles. The number of amides is 1. The van der Waals surface area contributed by atoms with Crippen molar-refractivity contribution in [1.82, 2.24) is 0 Å². The Labute approximate surface area is 183 Å². The molecule has 1 atom stereocenters. The van der Waals surface area contributed by atoms with Gasteiger partial charge in [-0.15, -0.1) is 0 Å². The number of Topliss-reactive ketones (excluding diaryl/α,β-unsaturated/α-hetero) is 1. The molecule has 0 aromatic heterocycles.